The van der Waals surface area contributed by atoms with E-state index in [0.29, 0.717) is 30.0 Å². The standard InChI is InChI=1S/C22H23N3O3/c23-22(27)18-8-4-7-17-20(28-12-11-25-10-9-16(26)14-25)13-19(24-21(17)18)15-5-2-1-3-6-15/h1-8,13,16,26H,9-12,14H2,(H2,23,27)/t16-/m1/s1. The maximum absolute atomic E-state index is 11.9. The number of β-amino-alcohol motifs (C(OH)–C–C–N with tert-alkyl or cyclic N) is 1. The van der Waals surface area contributed by atoms with Crippen LogP contribution in [0.4, 0.5) is 0 Å². The minimum absolute atomic E-state index is 0.246. The summed E-state index contributed by atoms with van der Waals surface area (Å²) in [5.41, 5.74) is 8.16. The molecule has 6 heteroatoms. The number of hydrogen-bond donors (Lipinski definition) is 2. The van der Waals surface area contributed by atoms with Gasteiger partial charge in [-0.1, -0.05) is 36.4 Å². The summed E-state index contributed by atoms with van der Waals surface area (Å²) >= 11 is 0. The van der Waals surface area contributed by atoms with Gasteiger partial charge in [-0.3, -0.25) is 9.69 Å². The molecule has 0 aliphatic carbocycles. The molecule has 1 saturated heterocycles. The molecule has 2 heterocycles. The second kappa shape index (κ2) is 7.96. The number of amides is 1. The number of ether oxygens (including phenoxy) is 1. The molecule has 6 nitrogen and oxygen atoms in total. The summed E-state index contributed by atoms with van der Waals surface area (Å²) in [7, 11) is 0. The molecule has 0 spiro atoms. The SMILES string of the molecule is NC(=O)c1cccc2c(OCCN3CC[C@@H](O)C3)cc(-c3ccccc3)nc12. The topological polar surface area (TPSA) is 88.7 Å². The molecule has 1 atom stereocenters. The van der Waals surface area contributed by atoms with E-state index < -0.39 is 5.91 Å². The zero-order valence-corrected chi connectivity index (χ0v) is 15.5. The average molecular weight is 377 g/mol. The van der Waals surface area contributed by atoms with Crippen molar-refractivity contribution in [2.45, 2.75) is 12.5 Å². The zero-order valence-electron chi connectivity index (χ0n) is 15.5. The Balaban J connectivity index is 1.69. The van der Waals surface area contributed by atoms with Gasteiger partial charge in [-0.2, -0.15) is 0 Å². The molecule has 4 rings (SSSR count). The van der Waals surface area contributed by atoms with E-state index in [4.69, 9.17) is 15.5 Å². The third-order valence-electron chi connectivity index (χ3n) is 5.05. The number of nitrogens with two attached hydrogens (primary N) is 1. The van der Waals surface area contributed by atoms with Crippen molar-refractivity contribution in [1.29, 1.82) is 0 Å². The number of carbonyl (C=O) groups excluding carboxylic acids is 1. The van der Waals surface area contributed by atoms with Crippen LogP contribution >= 0.6 is 0 Å². The summed E-state index contributed by atoms with van der Waals surface area (Å²) < 4.78 is 6.10. The molecule has 1 aliphatic rings. The van der Waals surface area contributed by atoms with Crippen molar-refractivity contribution < 1.29 is 14.6 Å². The molecule has 1 aliphatic heterocycles. The van der Waals surface area contributed by atoms with Gasteiger partial charge in [-0.05, 0) is 18.6 Å². The van der Waals surface area contributed by atoms with Gasteiger partial charge >= 0.3 is 0 Å². The molecule has 144 valence electrons. The molecule has 0 radical (unpaired) electrons. The Morgan fingerprint density at radius 1 is 1.21 bits per heavy atom. The second-order valence-electron chi connectivity index (χ2n) is 7.03. The highest BCUT2D eigenvalue weighted by Crippen LogP contribution is 2.31. The lowest BCUT2D eigenvalue weighted by Crippen LogP contribution is -2.27. The van der Waals surface area contributed by atoms with Gasteiger partial charge in [0.15, 0.2) is 0 Å². The Bertz CT molecular complexity index is 991. The largest absolute Gasteiger partial charge is 0.491 e. The third kappa shape index (κ3) is 3.83. The molecule has 1 amide bonds. The van der Waals surface area contributed by atoms with Crippen LogP contribution in [0.3, 0.4) is 0 Å². The molecule has 0 bridgehead atoms. The highest BCUT2D eigenvalue weighted by Gasteiger charge is 2.20. The van der Waals surface area contributed by atoms with Crippen LogP contribution in [-0.2, 0) is 0 Å². The maximum atomic E-state index is 11.9. The lowest BCUT2D eigenvalue weighted by molar-refractivity contribution is 0.100. The first-order chi connectivity index (χ1) is 13.6. The summed E-state index contributed by atoms with van der Waals surface area (Å²) in [6, 6.07) is 17.0. The van der Waals surface area contributed by atoms with Gasteiger partial charge < -0.3 is 15.6 Å². The average Bonchev–Trinajstić information content (AvgIpc) is 3.13. The van der Waals surface area contributed by atoms with Crippen LogP contribution in [-0.4, -0.2) is 53.2 Å². The van der Waals surface area contributed by atoms with Crippen molar-refractivity contribution in [2.75, 3.05) is 26.2 Å². The Labute approximate surface area is 163 Å². The van der Waals surface area contributed by atoms with Crippen molar-refractivity contribution in [3.05, 3.63) is 60.2 Å². The van der Waals surface area contributed by atoms with E-state index >= 15 is 0 Å². The molecule has 3 N–H and O–H groups in total. The van der Waals surface area contributed by atoms with Gasteiger partial charge in [-0.15, -0.1) is 0 Å². The molecule has 28 heavy (non-hydrogen) atoms. The van der Waals surface area contributed by atoms with Gasteiger partial charge in [0.1, 0.15) is 12.4 Å². The number of para-hydroxylation sites is 1. The Morgan fingerprint density at radius 2 is 2.04 bits per heavy atom. The lowest BCUT2D eigenvalue weighted by Gasteiger charge is -2.17. The molecule has 1 aromatic heterocycles. The predicted octanol–water partition coefficient (Wildman–Crippen LogP) is 2.45. The van der Waals surface area contributed by atoms with E-state index in [2.05, 4.69) is 4.90 Å². The van der Waals surface area contributed by atoms with E-state index in [0.717, 1.165) is 36.2 Å². The van der Waals surface area contributed by atoms with Crippen LogP contribution in [0.15, 0.2) is 54.6 Å². The maximum Gasteiger partial charge on any atom is 0.250 e. The first-order valence-electron chi connectivity index (χ1n) is 9.44. The van der Waals surface area contributed by atoms with Crippen LogP contribution < -0.4 is 10.5 Å². The minimum Gasteiger partial charge on any atom is -0.491 e. The lowest BCUT2D eigenvalue weighted by atomic mass is 10.1. The van der Waals surface area contributed by atoms with Gasteiger partial charge in [0.25, 0.3) is 5.91 Å². The number of primary amides is 1. The number of aliphatic hydroxyl groups excluding tert-OH is 1. The number of likely N-dealkylation sites (tertiary alicyclic amines) is 1. The number of carbonyl (C=O) groups is 1. The number of benzene rings is 2. The summed E-state index contributed by atoms with van der Waals surface area (Å²) in [6.45, 7) is 2.78. The number of nitrogens with zero attached hydrogens (tertiary/aromatic N) is 2. The number of aromatic nitrogens is 1. The fourth-order valence-corrected chi connectivity index (χ4v) is 3.59. The normalized spacial score (nSPS) is 17.1. The van der Waals surface area contributed by atoms with Gasteiger partial charge in [-0.25, -0.2) is 4.98 Å². The number of fused-ring (bicyclic) bond motifs is 1. The molecular formula is C22H23N3O3. The first-order valence-corrected chi connectivity index (χ1v) is 9.44. The highest BCUT2D eigenvalue weighted by molar-refractivity contribution is 6.06. The predicted molar refractivity (Wildman–Crippen MR) is 108 cm³/mol. The fraction of sp³-hybridized carbons (Fsp3) is 0.273. The third-order valence-corrected chi connectivity index (χ3v) is 5.05. The van der Waals surface area contributed by atoms with Crippen molar-refractivity contribution in [2.24, 2.45) is 5.73 Å². The highest BCUT2D eigenvalue weighted by atomic mass is 16.5. The first kappa shape index (κ1) is 18.4. The summed E-state index contributed by atoms with van der Waals surface area (Å²) in [5, 5.41) is 10.4. The molecule has 1 fully saturated rings. The number of aliphatic hydroxyl groups is 1. The monoisotopic (exact) mass is 377 g/mol. The Hall–Kier alpha value is -2.96. The van der Waals surface area contributed by atoms with E-state index in [1.807, 2.05) is 42.5 Å². The summed E-state index contributed by atoms with van der Waals surface area (Å²) in [5.74, 6) is 0.159. The van der Waals surface area contributed by atoms with Crippen molar-refractivity contribution >= 4 is 16.8 Å². The number of hydrogen-bond acceptors (Lipinski definition) is 5. The Kier molecular flexibility index (Phi) is 5.23. The smallest absolute Gasteiger partial charge is 0.250 e. The summed E-state index contributed by atoms with van der Waals surface area (Å²) in [6.07, 6.45) is 0.558. The van der Waals surface area contributed by atoms with Gasteiger partial charge in [0.05, 0.1) is 22.9 Å². The van der Waals surface area contributed by atoms with Crippen molar-refractivity contribution in [3.8, 4) is 17.0 Å². The van der Waals surface area contributed by atoms with E-state index in [9.17, 15) is 9.90 Å². The second-order valence-corrected chi connectivity index (χ2v) is 7.03. The van der Waals surface area contributed by atoms with Gasteiger partial charge in [0.2, 0.25) is 0 Å². The molecule has 0 unspecified atom stereocenters. The zero-order chi connectivity index (χ0) is 19.5. The molecule has 0 saturated carbocycles. The van der Waals surface area contributed by atoms with E-state index in [1.165, 1.54) is 0 Å². The van der Waals surface area contributed by atoms with Crippen LogP contribution in [0.5, 0.6) is 5.75 Å². The fourth-order valence-electron chi connectivity index (χ4n) is 3.59. The summed E-state index contributed by atoms with van der Waals surface area (Å²) in [4.78, 5) is 18.8. The number of pyridine rings is 1. The van der Waals surface area contributed by atoms with Gasteiger partial charge in [0, 0.05) is 36.7 Å². The van der Waals surface area contributed by atoms with E-state index in [-0.39, 0.29) is 6.10 Å². The Morgan fingerprint density at radius 3 is 2.75 bits per heavy atom. The van der Waals surface area contributed by atoms with Crippen molar-refractivity contribution in [1.82, 2.24) is 9.88 Å². The minimum atomic E-state index is -0.514. The molecular weight excluding hydrogens is 354 g/mol. The van der Waals surface area contributed by atoms with Crippen LogP contribution in [0.25, 0.3) is 22.2 Å². The molecule has 2 aromatic carbocycles. The van der Waals surface area contributed by atoms with Crippen LogP contribution in [0.1, 0.15) is 16.8 Å². The van der Waals surface area contributed by atoms with E-state index in [1.54, 1.807) is 12.1 Å². The quantitative estimate of drug-likeness (QED) is 0.689. The number of rotatable bonds is 6. The molecule has 3 aromatic rings. The van der Waals surface area contributed by atoms with Crippen LogP contribution in [0, 0.1) is 0 Å². The van der Waals surface area contributed by atoms with Crippen LogP contribution in [0.2, 0.25) is 0 Å². The van der Waals surface area contributed by atoms with Crippen molar-refractivity contribution in [3.63, 3.8) is 0 Å².